The number of nitrogens with zero attached hydrogens (tertiary/aromatic N) is 8. The molecule has 2 saturated heterocycles. The van der Waals surface area contributed by atoms with Crippen LogP contribution in [0.5, 0.6) is 17.4 Å². The lowest BCUT2D eigenvalue weighted by molar-refractivity contribution is -0.145. The smallest absolute Gasteiger partial charge is 0.345 e. The van der Waals surface area contributed by atoms with E-state index in [9.17, 15) is 14.7 Å². The van der Waals surface area contributed by atoms with Gasteiger partial charge in [0.05, 0.1) is 26.5 Å². The van der Waals surface area contributed by atoms with Gasteiger partial charge < -0.3 is 34.0 Å². The fraction of sp³-hybridized carbons (Fsp3) is 0.400. The number of carboxylic acid groups (broad SMARTS) is 1. The largest absolute Gasteiger partial charge is 0.491 e. The molecule has 3 aromatic heterocycles. The highest BCUT2D eigenvalue weighted by molar-refractivity contribution is 7.13. The lowest BCUT2D eigenvalue weighted by atomic mass is 9.79. The maximum atomic E-state index is 13.0. The van der Waals surface area contributed by atoms with Crippen molar-refractivity contribution in [2.45, 2.75) is 58.2 Å². The van der Waals surface area contributed by atoms with E-state index < -0.39 is 12.1 Å². The Morgan fingerprint density at radius 1 is 0.909 bits per heavy atom. The molecule has 9 rings (SSSR count). The van der Waals surface area contributed by atoms with Crippen molar-refractivity contribution in [1.29, 1.82) is 0 Å². The number of hydrogen-bond donors (Lipinski definition) is 1. The number of benzene rings is 3. The number of para-hydroxylation sites is 1. The van der Waals surface area contributed by atoms with E-state index in [4.69, 9.17) is 40.2 Å². The van der Waals surface area contributed by atoms with Crippen LogP contribution >= 0.6 is 23.1 Å². The minimum atomic E-state index is -1.28. The molecule has 5 heterocycles. The predicted octanol–water partition coefficient (Wildman–Crippen LogP) is 7.99. The number of pyridine rings is 1. The number of likely N-dealkylation sites (N-methyl/N-ethyl adjacent to an activating group) is 1. The monoisotopic (exact) mass is 930 g/mol. The second-order valence-corrected chi connectivity index (χ2v) is 18.6. The lowest BCUT2D eigenvalue weighted by Gasteiger charge is -2.35. The normalized spacial score (nSPS) is 16.5. The van der Waals surface area contributed by atoms with Crippen LogP contribution in [0.15, 0.2) is 79.1 Å². The zero-order valence-corrected chi connectivity index (χ0v) is 39.2. The summed E-state index contributed by atoms with van der Waals surface area (Å²) in [6.07, 6.45) is 5.43. The van der Waals surface area contributed by atoms with E-state index in [1.54, 1.807) is 19.2 Å². The van der Waals surface area contributed by atoms with Crippen LogP contribution in [0.2, 0.25) is 5.02 Å². The molecular formula is C50H55ClN8O6S. The Labute approximate surface area is 394 Å². The fourth-order valence-corrected chi connectivity index (χ4v) is 9.78. The van der Waals surface area contributed by atoms with E-state index in [1.165, 1.54) is 11.5 Å². The second kappa shape index (κ2) is 20.3. The molecule has 1 aliphatic carbocycles. The van der Waals surface area contributed by atoms with Gasteiger partial charge in [0.1, 0.15) is 24.7 Å². The van der Waals surface area contributed by atoms with Crippen LogP contribution in [0.25, 0.3) is 32.6 Å². The van der Waals surface area contributed by atoms with Gasteiger partial charge in [0, 0.05) is 107 Å². The van der Waals surface area contributed by atoms with Crippen molar-refractivity contribution in [2.75, 3.05) is 77.5 Å². The third-order valence-electron chi connectivity index (χ3n) is 13.1. The van der Waals surface area contributed by atoms with Gasteiger partial charge in [0.25, 0.3) is 0 Å². The molecule has 2 aliphatic heterocycles. The number of piperazine rings is 2. The Morgan fingerprint density at radius 3 is 2.41 bits per heavy atom. The number of aliphatic carboxylic acids is 1. The molecule has 1 saturated carbocycles. The molecule has 3 aliphatic rings. The zero-order valence-electron chi connectivity index (χ0n) is 37.6. The summed E-state index contributed by atoms with van der Waals surface area (Å²) in [5, 5.41) is 11.9. The van der Waals surface area contributed by atoms with Gasteiger partial charge in [-0.3, -0.25) is 14.7 Å². The Hall–Kier alpha value is -5.87. The first-order valence-corrected chi connectivity index (χ1v) is 23.9. The first-order chi connectivity index (χ1) is 32.1. The summed E-state index contributed by atoms with van der Waals surface area (Å²) in [5.74, 6) is 1.22. The quantitative estimate of drug-likeness (QED) is 0.100. The average molecular weight is 932 g/mol. The van der Waals surface area contributed by atoms with Gasteiger partial charge in [-0.1, -0.05) is 42.3 Å². The Balaban J connectivity index is 0.909. The van der Waals surface area contributed by atoms with Crippen molar-refractivity contribution >= 4 is 50.8 Å². The first-order valence-electron chi connectivity index (χ1n) is 22.7. The molecule has 66 heavy (non-hydrogen) atoms. The highest BCUT2D eigenvalue weighted by atomic mass is 35.5. The fourth-order valence-electron chi connectivity index (χ4n) is 8.86. The van der Waals surface area contributed by atoms with Gasteiger partial charge >= 0.3 is 5.97 Å². The Kier molecular flexibility index (Phi) is 14.0. The summed E-state index contributed by atoms with van der Waals surface area (Å²) in [6.45, 7) is 12.2. The number of amides is 1. The molecule has 0 spiro atoms. The molecule has 1 amide bonds. The van der Waals surface area contributed by atoms with E-state index in [0.717, 1.165) is 109 Å². The lowest BCUT2D eigenvalue weighted by Crippen LogP contribution is -2.48. The van der Waals surface area contributed by atoms with Gasteiger partial charge in [0.2, 0.25) is 17.9 Å². The van der Waals surface area contributed by atoms with Crippen LogP contribution in [-0.2, 0) is 22.6 Å². The molecule has 14 nitrogen and oxygen atoms in total. The molecule has 16 heteroatoms. The standard InChI is InChI=1S/C50H55ClN8O6S/c1-32-39(15-16-41(46(32)51)63-28-27-57-21-19-56(3)20-22-57)44-45-43(30-53-47(44)34-8-6-9-34)66-55-49(45)65-42(50(61)62)29-36-7-4-5-10-40(36)64-31-37-17-18-52-48(54-37)35-11-13-38(14-12-35)59-25-23-58(24-26-59)33(2)60/h4-5,7,10-18,30,34,42H,6,8-9,19-29,31H2,1-3H3,(H,61,62)/t42-/m1/s1. The van der Waals surface area contributed by atoms with Crippen molar-refractivity contribution in [2.24, 2.45) is 0 Å². The number of aromatic nitrogens is 4. The van der Waals surface area contributed by atoms with E-state index in [1.807, 2.05) is 66.6 Å². The Bertz CT molecular complexity index is 2680. The van der Waals surface area contributed by atoms with Crippen molar-refractivity contribution in [3.63, 3.8) is 0 Å². The summed E-state index contributed by atoms with van der Waals surface area (Å²) < 4.78 is 24.5. The molecule has 3 aromatic carbocycles. The third kappa shape index (κ3) is 10.1. The van der Waals surface area contributed by atoms with Crippen molar-refractivity contribution < 1.29 is 28.9 Å². The SMILES string of the molecule is CC(=O)N1CCN(c2ccc(-c3nccc(COc4ccccc4C[C@@H](Oc4nsc5cnc(C6CCC6)c(-c6ccc(OCCN7CCN(C)CC7)c(Cl)c6C)c45)C(=O)O)n3)cc2)CC1. The Morgan fingerprint density at radius 2 is 1.68 bits per heavy atom. The number of carbonyl (C=O) groups is 2. The summed E-state index contributed by atoms with van der Waals surface area (Å²) >= 11 is 8.33. The highest BCUT2D eigenvalue weighted by Crippen LogP contribution is 2.48. The van der Waals surface area contributed by atoms with Gasteiger partial charge in [-0.05, 0) is 97.5 Å². The van der Waals surface area contributed by atoms with Crippen LogP contribution in [-0.4, -0.2) is 130 Å². The average Bonchev–Trinajstić information content (AvgIpc) is 3.73. The molecule has 3 fully saturated rings. The van der Waals surface area contributed by atoms with Gasteiger partial charge in [-0.15, -0.1) is 0 Å². The minimum absolute atomic E-state index is 0.0244. The summed E-state index contributed by atoms with van der Waals surface area (Å²) in [4.78, 5) is 48.0. The van der Waals surface area contributed by atoms with Crippen LogP contribution in [0, 0.1) is 6.92 Å². The number of carboxylic acids is 1. The molecule has 344 valence electrons. The van der Waals surface area contributed by atoms with E-state index in [-0.39, 0.29) is 30.7 Å². The number of hydrogen-bond acceptors (Lipinski definition) is 13. The number of anilines is 1. The topological polar surface area (TPSA) is 147 Å². The van der Waals surface area contributed by atoms with Crippen LogP contribution in [0.1, 0.15) is 54.6 Å². The van der Waals surface area contributed by atoms with Gasteiger partial charge in [-0.2, -0.15) is 4.37 Å². The molecule has 6 aromatic rings. The third-order valence-corrected chi connectivity index (χ3v) is 14.3. The van der Waals surface area contributed by atoms with E-state index in [2.05, 4.69) is 38.9 Å². The number of carbonyl (C=O) groups excluding carboxylic acids is 1. The number of fused-ring (bicyclic) bond motifs is 1. The molecular weight excluding hydrogens is 876 g/mol. The van der Waals surface area contributed by atoms with E-state index in [0.29, 0.717) is 53.3 Å². The number of halogens is 1. The van der Waals surface area contributed by atoms with Gasteiger partial charge in [0.15, 0.2) is 5.82 Å². The van der Waals surface area contributed by atoms with Gasteiger partial charge in [-0.25, -0.2) is 14.8 Å². The van der Waals surface area contributed by atoms with Crippen molar-refractivity contribution in [3.8, 4) is 39.9 Å². The molecule has 1 atom stereocenters. The molecule has 0 radical (unpaired) electrons. The summed E-state index contributed by atoms with van der Waals surface area (Å²) in [6, 6.07) is 21.3. The first kappa shape index (κ1) is 45.3. The number of ether oxygens (including phenoxy) is 3. The molecule has 0 unspecified atom stereocenters. The molecule has 1 N–H and O–H groups in total. The minimum Gasteiger partial charge on any atom is -0.491 e. The summed E-state index contributed by atoms with van der Waals surface area (Å²) in [7, 11) is 2.15. The second-order valence-electron chi connectivity index (χ2n) is 17.4. The van der Waals surface area contributed by atoms with Crippen LogP contribution in [0.3, 0.4) is 0 Å². The van der Waals surface area contributed by atoms with E-state index >= 15 is 0 Å². The maximum Gasteiger partial charge on any atom is 0.345 e. The van der Waals surface area contributed by atoms with Crippen molar-refractivity contribution in [3.05, 3.63) is 107 Å². The predicted molar refractivity (Wildman–Crippen MR) is 257 cm³/mol. The zero-order chi connectivity index (χ0) is 45.7. The number of rotatable bonds is 16. The molecule has 0 bridgehead atoms. The summed E-state index contributed by atoms with van der Waals surface area (Å²) in [5.41, 5.74) is 6.86. The highest BCUT2D eigenvalue weighted by Gasteiger charge is 2.31. The van der Waals surface area contributed by atoms with Crippen LogP contribution in [0.4, 0.5) is 5.69 Å². The van der Waals surface area contributed by atoms with Crippen LogP contribution < -0.4 is 19.1 Å². The van der Waals surface area contributed by atoms with Crippen molar-refractivity contribution in [1.82, 2.24) is 34.0 Å². The maximum absolute atomic E-state index is 13.0.